The molecule has 0 spiro atoms. The van der Waals surface area contributed by atoms with E-state index in [0.717, 1.165) is 14.9 Å². The van der Waals surface area contributed by atoms with Gasteiger partial charge < -0.3 is 9.15 Å². The van der Waals surface area contributed by atoms with Crippen molar-refractivity contribution in [2.24, 2.45) is 4.99 Å². The Bertz CT molecular complexity index is 1380. The Labute approximate surface area is 214 Å². The number of esters is 1. The summed E-state index contributed by atoms with van der Waals surface area (Å²) in [5.41, 5.74) is 1.51. The number of carbonyl (C=O) groups is 1. The molecule has 0 unspecified atom stereocenters. The maximum Gasteiger partial charge on any atom is 0.338 e. The van der Waals surface area contributed by atoms with Gasteiger partial charge in [0.05, 0.1) is 32.9 Å². The average Bonchev–Trinajstić information content (AvgIpc) is 3.25. The van der Waals surface area contributed by atoms with E-state index in [9.17, 15) is 9.59 Å². The lowest BCUT2D eigenvalue weighted by molar-refractivity contribution is -0.139. The summed E-state index contributed by atoms with van der Waals surface area (Å²) >= 11 is 8.40. The van der Waals surface area contributed by atoms with E-state index in [1.807, 2.05) is 36.6 Å². The van der Waals surface area contributed by atoms with Gasteiger partial charge >= 0.3 is 5.97 Å². The highest BCUT2D eigenvalue weighted by molar-refractivity contribution is 14.1. The van der Waals surface area contributed by atoms with Crippen molar-refractivity contribution in [3.63, 3.8) is 0 Å². The highest BCUT2D eigenvalue weighted by Crippen LogP contribution is 2.31. The summed E-state index contributed by atoms with van der Waals surface area (Å²) in [5, 5.41) is 0. The molecule has 10 heteroatoms. The number of allylic oxidation sites excluding steroid dienone is 1. The summed E-state index contributed by atoms with van der Waals surface area (Å²) in [6, 6.07) is 9.04. The second-order valence-corrected chi connectivity index (χ2v) is 10.6. The summed E-state index contributed by atoms with van der Waals surface area (Å²) in [6.07, 6.45) is 3.70. The molecule has 166 valence electrons. The SMILES string of the molecule is CCOC(=O)C1=C(C)N=c2s/c(=C/c3cc(Br)c(I)o3)c(=O)n2[C@H]1c1ccc(SC)cc1. The van der Waals surface area contributed by atoms with Crippen LogP contribution < -0.4 is 14.9 Å². The minimum Gasteiger partial charge on any atom is -0.463 e. The van der Waals surface area contributed by atoms with Gasteiger partial charge in [0.1, 0.15) is 5.76 Å². The second-order valence-electron chi connectivity index (χ2n) is 6.85. The topological polar surface area (TPSA) is 73.8 Å². The number of hydrogen-bond acceptors (Lipinski definition) is 7. The van der Waals surface area contributed by atoms with Gasteiger partial charge in [0.15, 0.2) is 8.57 Å². The lowest BCUT2D eigenvalue weighted by Crippen LogP contribution is -2.39. The van der Waals surface area contributed by atoms with Gasteiger partial charge in [-0.1, -0.05) is 23.5 Å². The number of ether oxygens (including phenoxy) is 1. The van der Waals surface area contributed by atoms with E-state index in [0.29, 0.717) is 30.1 Å². The molecular weight excluding hydrogens is 627 g/mol. The number of thioether (sulfide) groups is 1. The van der Waals surface area contributed by atoms with E-state index < -0.39 is 12.0 Å². The van der Waals surface area contributed by atoms with E-state index in [4.69, 9.17) is 9.15 Å². The molecule has 0 amide bonds. The van der Waals surface area contributed by atoms with Crippen LogP contribution in [0.15, 0.2) is 65.2 Å². The number of nitrogens with zero attached hydrogens (tertiary/aromatic N) is 2. The maximum absolute atomic E-state index is 13.5. The zero-order chi connectivity index (χ0) is 23.0. The van der Waals surface area contributed by atoms with Crippen LogP contribution in [0.5, 0.6) is 0 Å². The summed E-state index contributed by atoms with van der Waals surface area (Å²) in [5.74, 6) is 0.0974. The van der Waals surface area contributed by atoms with Crippen molar-refractivity contribution in [1.82, 2.24) is 4.57 Å². The molecule has 0 saturated heterocycles. The van der Waals surface area contributed by atoms with E-state index in [2.05, 4.69) is 43.5 Å². The zero-order valence-corrected chi connectivity index (χ0v) is 22.7. The largest absolute Gasteiger partial charge is 0.463 e. The second kappa shape index (κ2) is 9.70. The molecule has 2 aromatic heterocycles. The lowest BCUT2D eigenvalue weighted by atomic mass is 9.96. The number of fused-ring (bicyclic) bond motifs is 1. The van der Waals surface area contributed by atoms with Crippen LogP contribution in [-0.4, -0.2) is 23.4 Å². The normalized spacial score (nSPS) is 16.2. The van der Waals surface area contributed by atoms with Crippen LogP contribution in [0.1, 0.15) is 31.2 Å². The third-order valence-electron chi connectivity index (χ3n) is 4.89. The monoisotopic (exact) mass is 644 g/mol. The minimum absolute atomic E-state index is 0.232. The Morgan fingerprint density at radius 3 is 2.72 bits per heavy atom. The molecule has 1 atom stereocenters. The molecule has 0 N–H and O–H groups in total. The Hall–Kier alpha value is -1.63. The van der Waals surface area contributed by atoms with Gasteiger partial charge in [-0.05, 0) is 59.8 Å². The maximum atomic E-state index is 13.5. The Morgan fingerprint density at radius 1 is 1.41 bits per heavy atom. The first-order valence-electron chi connectivity index (χ1n) is 9.62. The van der Waals surface area contributed by atoms with Crippen LogP contribution in [-0.2, 0) is 9.53 Å². The number of furan rings is 1. The van der Waals surface area contributed by atoms with E-state index in [1.165, 1.54) is 11.3 Å². The average molecular weight is 645 g/mol. The van der Waals surface area contributed by atoms with Gasteiger partial charge in [0.2, 0.25) is 0 Å². The highest BCUT2D eigenvalue weighted by Gasteiger charge is 2.33. The first kappa shape index (κ1) is 23.5. The van der Waals surface area contributed by atoms with Crippen molar-refractivity contribution in [2.75, 3.05) is 12.9 Å². The molecule has 0 radical (unpaired) electrons. The molecule has 4 rings (SSSR count). The van der Waals surface area contributed by atoms with Crippen LogP contribution in [0.3, 0.4) is 0 Å². The Balaban J connectivity index is 1.94. The molecule has 1 aromatic carbocycles. The number of rotatable bonds is 5. The number of aromatic nitrogens is 1. The fraction of sp³-hybridized carbons (Fsp3) is 0.227. The van der Waals surface area contributed by atoms with Crippen LogP contribution >= 0.6 is 61.6 Å². The van der Waals surface area contributed by atoms with E-state index in [1.54, 1.807) is 36.3 Å². The van der Waals surface area contributed by atoms with Gasteiger partial charge in [-0.25, -0.2) is 9.79 Å². The summed E-state index contributed by atoms with van der Waals surface area (Å²) in [4.78, 5) is 32.6. The highest BCUT2D eigenvalue weighted by atomic mass is 127. The van der Waals surface area contributed by atoms with Crippen molar-refractivity contribution in [3.05, 3.63) is 80.9 Å². The van der Waals surface area contributed by atoms with Crippen molar-refractivity contribution in [1.29, 1.82) is 0 Å². The lowest BCUT2D eigenvalue weighted by Gasteiger charge is -2.24. The van der Waals surface area contributed by atoms with Crippen molar-refractivity contribution < 1.29 is 13.9 Å². The number of halogens is 2. The number of hydrogen-bond donors (Lipinski definition) is 0. The molecule has 0 fully saturated rings. The predicted molar refractivity (Wildman–Crippen MR) is 138 cm³/mol. The van der Waals surface area contributed by atoms with Gasteiger partial charge in [-0.15, -0.1) is 11.8 Å². The van der Waals surface area contributed by atoms with Gasteiger partial charge in [0, 0.05) is 33.6 Å². The zero-order valence-electron chi connectivity index (χ0n) is 17.3. The number of benzene rings is 1. The van der Waals surface area contributed by atoms with Crippen LogP contribution in [0.4, 0.5) is 0 Å². The van der Waals surface area contributed by atoms with Crippen molar-refractivity contribution >= 4 is 73.7 Å². The molecule has 1 aliphatic heterocycles. The quantitative estimate of drug-likeness (QED) is 0.233. The summed E-state index contributed by atoms with van der Waals surface area (Å²) in [7, 11) is 0. The predicted octanol–water partition coefficient (Wildman–Crippen LogP) is 4.48. The van der Waals surface area contributed by atoms with E-state index >= 15 is 0 Å². The molecule has 3 heterocycles. The summed E-state index contributed by atoms with van der Waals surface area (Å²) < 4.78 is 14.6. The molecule has 1 aliphatic rings. The first-order chi connectivity index (χ1) is 15.3. The van der Waals surface area contributed by atoms with Crippen LogP contribution in [0.2, 0.25) is 0 Å². The van der Waals surface area contributed by atoms with Gasteiger partial charge in [-0.3, -0.25) is 9.36 Å². The molecule has 3 aromatic rings. The smallest absolute Gasteiger partial charge is 0.338 e. The minimum atomic E-state index is -0.619. The standard InChI is InChI=1S/C22H18BrIN2O4S2/c1-4-29-21(28)17-11(2)25-22-26(18(17)12-5-7-14(31-3)8-6-12)20(27)16(32-22)10-13-9-15(23)19(24)30-13/h5-10,18H,4H2,1-3H3/b16-10+/t18-/m0/s1. The van der Waals surface area contributed by atoms with Crippen molar-refractivity contribution in [2.45, 2.75) is 24.8 Å². The first-order valence-corrected chi connectivity index (χ1v) is 13.5. The van der Waals surface area contributed by atoms with Gasteiger partial charge in [-0.2, -0.15) is 0 Å². The summed E-state index contributed by atoms with van der Waals surface area (Å²) in [6.45, 7) is 3.77. The molecule has 6 nitrogen and oxygen atoms in total. The molecule has 0 saturated carbocycles. The molecular formula is C22H18BrIN2O4S2. The van der Waals surface area contributed by atoms with Crippen molar-refractivity contribution in [3.8, 4) is 0 Å². The third-order valence-corrected chi connectivity index (χ3v) is 8.74. The molecule has 0 aliphatic carbocycles. The number of thiazole rings is 1. The Kier molecular flexibility index (Phi) is 7.13. The van der Waals surface area contributed by atoms with Crippen LogP contribution in [0, 0.1) is 3.77 Å². The fourth-order valence-electron chi connectivity index (χ4n) is 3.46. The molecule has 0 bridgehead atoms. The Morgan fingerprint density at radius 2 is 2.12 bits per heavy atom. The third kappa shape index (κ3) is 4.42. The van der Waals surface area contributed by atoms with E-state index in [-0.39, 0.29) is 12.2 Å². The fourth-order valence-corrected chi connectivity index (χ4v) is 5.61. The molecule has 32 heavy (non-hydrogen) atoms. The number of carbonyl (C=O) groups excluding carboxylic acids is 1. The van der Waals surface area contributed by atoms with Gasteiger partial charge in [0.25, 0.3) is 5.56 Å². The van der Waals surface area contributed by atoms with Crippen LogP contribution in [0.25, 0.3) is 6.08 Å².